The Morgan fingerprint density at radius 2 is 2.30 bits per heavy atom. The highest BCUT2D eigenvalue weighted by molar-refractivity contribution is 8.00. The van der Waals surface area contributed by atoms with Crippen molar-refractivity contribution in [2.24, 2.45) is 5.16 Å². The van der Waals surface area contributed by atoms with Crippen LogP contribution in [-0.4, -0.2) is 70.4 Å². The molecule has 2 saturated heterocycles. The fourth-order valence-corrected chi connectivity index (χ4v) is 5.59. The molecule has 3 atom stereocenters. The zero-order valence-electron chi connectivity index (χ0n) is 15.8. The monoisotopic (exact) mass is 452 g/mol. The minimum Gasteiger partial charge on any atom is -0.543 e. The lowest BCUT2D eigenvalue weighted by Gasteiger charge is -2.51. The number of fused-ring (bicyclic) bond motifs is 1. The number of amides is 2. The molecule has 0 aliphatic carbocycles. The van der Waals surface area contributed by atoms with Crippen LogP contribution in [0.1, 0.15) is 18.5 Å². The van der Waals surface area contributed by atoms with E-state index in [9.17, 15) is 19.5 Å². The molecule has 1 aromatic rings. The van der Waals surface area contributed by atoms with Gasteiger partial charge >= 0.3 is 0 Å². The second kappa shape index (κ2) is 8.24. The highest BCUT2D eigenvalue weighted by atomic mass is 32.2. The number of rotatable bonds is 6. The van der Waals surface area contributed by atoms with Gasteiger partial charge in [0, 0.05) is 17.7 Å². The van der Waals surface area contributed by atoms with Crippen molar-refractivity contribution < 1.29 is 29.1 Å². The molecule has 11 nitrogen and oxygen atoms in total. The van der Waals surface area contributed by atoms with Gasteiger partial charge in [-0.1, -0.05) is 5.16 Å². The van der Waals surface area contributed by atoms with E-state index in [1.54, 1.807) is 5.38 Å². The number of nitrogens with one attached hydrogen (secondary N) is 1. The van der Waals surface area contributed by atoms with E-state index in [4.69, 9.17) is 15.3 Å². The van der Waals surface area contributed by atoms with Crippen molar-refractivity contribution in [2.75, 3.05) is 25.2 Å². The number of thioether (sulfide) groups is 1. The summed E-state index contributed by atoms with van der Waals surface area (Å²) in [6.07, 6.45) is 1.20. The van der Waals surface area contributed by atoms with E-state index in [-0.39, 0.29) is 28.3 Å². The Hall–Kier alpha value is -2.64. The summed E-state index contributed by atoms with van der Waals surface area (Å²) in [4.78, 5) is 47.2. The van der Waals surface area contributed by atoms with Crippen LogP contribution in [-0.2, 0) is 24.0 Å². The Morgan fingerprint density at radius 1 is 1.50 bits per heavy atom. The van der Waals surface area contributed by atoms with Crippen molar-refractivity contribution in [3.8, 4) is 0 Å². The fourth-order valence-electron chi connectivity index (χ4n) is 3.63. The Labute approximate surface area is 179 Å². The van der Waals surface area contributed by atoms with Gasteiger partial charge in [0.05, 0.1) is 17.8 Å². The molecular weight excluding hydrogens is 434 g/mol. The average Bonchev–Trinajstić information content (AvgIpc) is 3.40. The van der Waals surface area contributed by atoms with E-state index in [1.165, 1.54) is 23.8 Å². The van der Waals surface area contributed by atoms with Gasteiger partial charge in [-0.05, 0) is 18.4 Å². The number of oxime groups is 1. The summed E-state index contributed by atoms with van der Waals surface area (Å²) in [7, 11) is 1.28. The van der Waals surface area contributed by atoms with Crippen LogP contribution in [0.4, 0.5) is 5.13 Å². The van der Waals surface area contributed by atoms with Crippen molar-refractivity contribution >= 4 is 51.7 Å². The summed E-state index contributed by atoms with van der Waals surface area (Å²) in [5.41, 5.74) is 6.09. The van der Waals surface area contributed by atoms with Gasteiger partial charge in [0.2, 0.25) is 0 Å². The number of carboxylic acid groups (broad SMARTS) is 1. The first kappa shape index (κ1) is 20.6. The molecule has 0 spiro atoms. The van der Waals surface area contributed by atoms with Crippen molar-refractivity contribution in [2.45, 2.75) is 30.4 Å². The Morgan fingerprint density at radius 3 is 2.90 bits per heavy atom. The van der Waals surface area contributed by atoms with Crippen molar-refractivity contribution in [3.63, 3.8) is 0 Å². The molecule has 0 saturated carbocycles. The number of carboxylic acids is 1. The number of nitrogens with two attached hydrogens (primary N) is 1. The van der Waals surface area contributed by atoms with Crippen LogP contribution in [0.25, 0.3) is 0 Å². The first-order valence-corrected chi connectivity index (χ1v) is 11.0. The van der Waals surface area contributed by atoms with Crippen molar-refractivity contribution in [1.29, 1.82) is 0 Å². The van der Waals surface area contributed by atoms with Crippen LogP contribution in [0.5, 0.6) is 0 Å². The summed E-state index contributed by atoms with van der Waals surface area (Å²) in [5.74, 6) is -2.27. The number of nitrogen functional groups attached to an aromatic ring is 1. The van der Waals surface area contributed by atoms with Crippen LogP contribution in [0.3, 0.4) is 0 Å². The number of thiazole rings is 1. The number of anilines is 1. The minimum absolute atomic E-state index is 0.131. The molecule has 160 valence electrons. The van der Waals surface area contributed by atoms with Gasteiger partial charge in [0.1, 0.15) is 24.2 Å². The summed E-state index contributed by atoms with van der Waals surface area (Å²) < 4.78 is 5.60. The van der Waals surface area contributed by atoms with E-state index < -0.39 is 29.2 Å². The maximum Gasteiger partial charge on any atom is 0.276 e. The summed E-state index contributed by atoms with van der Waals surface area (Å²) in [6, 6.07) is -0.916. The standard InChI is InChI=1S/C17H19N5O6S2/c1-27-21-10(8-6-30-17(18)19-8)13(23)20-11-14(24)22-12(16(25)26)7(5-29-15(11)22)9-3-2-4-28-9/h6,9,11,15H,2-5H2,1H3,(H2,18,19)(H,20,23)(H,25,26)/p-1. The number of aliphatic carboxylic acids is 1. The van der Waals surface area contributed by atoms with Gasteiger partial charge in [-0.15, -0.1) is 23.1 Å². The van der Waals surface area contributed by atoms with Crippen LogP contribution in [0.2, 0.25) is 0 Å². The van der Waals surface area contributed by atoms with Crippen LogP contribution >= 0.6 is 23.1 Å². The smallest absolute Gasteiger partial charge is 0.276 e. The number of hydrogen-bond donors (Lipinski definition) is 2. The van der Waals surface area contributed by atoms with Crippen molar-refractivity contribution in [1.82, 2.24) is 15.2 Å². The largest absolute Gasteiger partial charge is 0.543 e. The third kappa shape index (κ3) is 3.52. The fraction of sp³-hybridized carbons (Fsp3) is 0.471. The molecule has 0 bridgehead atoms. The van der Waals surface area contributed by atoms with Crippen molar-refractivity contribution in [3.05, 3.63) is 22.3 Å². The molecule has 1 aromatic heterocycles. The zero-order chi connectivity index (χ0) is 21.4. The molecule has 3 aliphatic rings. The number of hydrogen-bond acceptors (Lipinski definition) is 11. The Bertz CT molecular complexity index is 954. The molecule has 2 fully saturated rings. The highest BCUT2D eigenvalue weighted by Crippen LogP contribution is 2.42. The number of aromatic nitrogens is 1. The average molecular weight is 452 g/mol. The predicted octanol–water partition coefficient (Wildman–Crippen LogP) is -1.34. The van der Waals surface area contributed by atoms with Gasteiger partial charge in [-0.3, -0.25) is 14.5 Å². The number of ether oxygens (including phenoxy) is 1. The number of β-lactam (4-membered cyclic amide) rings is 1. The van der Waals surface area contributed by atoms with Crippen LogP contribution in [0.15, 0.2) is 21.8 Å². The summed E-state index contributed by atoms with van der Waals surface area (Å²) in [5, 5.41) is 19.3. The number of carbonyl (C=O) groups excluding carboxylic acids is 3. The van der Waals surface area contributed by atoms with E-state index in [0.717, 1.165) is 17.8 Å². The maximum absolute atomic E-state index is 12.8. The molecule has 0 aromatic carbocycles. The van der Waals surface area contributed by atoms with Crippen LogP contribution < -0.4 is 16.2 Å². The summed E-state index contributed by atoms with van der Waals surface area (Å²) in [6.45, 7) is 0.554. The third-order valence-electron chi connectivity index (χ3n) is 4.96. The van der Waals surface area contributed by atoms with E-state index >= 15 is 0 Å². The molecular formula is C17H18N5O6S2-. The lowest BCUT2D eigenvalue weighted by Crippen LogP contribution is -2.71. The van der Waals surface area contributed by atoms with Gasteiger partial charge < -0.3 is 30.5 Å². The molecule has 2 amide bonds. The second-order valence-electron chi connectivity index (χ2n) is 6.72. The topological polar surface area (TPSA) is 159 Å². The first-order valence-electron chi connectivity index (χ1n) is 9.06. The van der Waals surface area contributed by atoms with E-state index in [0.29, 0.717) is 24.4 Å². The van der Waals surface area contributed by atoms with Gasteiger partial charge in [-0.25, -0.2) is 4.98 Å². The number of nitrogens with zero attached hydrogens (tertiary/aromatic N) is 3. The SMILES string of the molecule is CON=C(C(=O)NC1C(=O)N2C(C(=O)[O-])=C(C3CCCO3)CSC12)c1csc(N)n1. The maximum atomic E-state index is 12.8. The first-order chi connectivity index (χ1) is 14.4. The Balaban J connectivity index is 1.53. The number of carbonyl (C=O) groups is 3. The molecule has 3 aliphatic heterocycles. The lowest BCUT2D eigenvalue weighted by molar-refractivity contribution is -0.301. The molecule has 4 heterocycles. The quantitative estimate of drug-likeness (QED) is 0.302. The minimum atomic E-state index is -1.43. The Kier molecular flexibility index (Phi) is 5.66. The second-order valence-corrected chi connectivity index (χ2v) is 8.71. The molecule has 30 heavy (non-hydrogen) atoms. The van der Waals surface area contributed by atoms with Gasteiger partial charge in [0.15, 0.2) is 10.8 Å². The third-order valence-corrected chi connectivity index (χ3v) is 6.93. The molecule has 3 unspecified atom stereocenters. The molecule has 4 rings (SSSR count). The van der Waals surface area contributed by atoms with Crippen LogP contribution in [0, 0.1) is 0 Å². The zero-order valence-corrected chi connectivity index (χ0v) is 17.5. The van der Waals surface area contributed by atoms with Gasteiger partial charge in [-0.2, -0.15) is 0 Å². The normalized spacial score (nSPS) is 26.3. The van der Waals surface area contributed by atoms with E-state index in [1.807, 2.05) is 0 Å². The molecule has 0 radical (unpaired) electrons. The molecule has 13 heteroatoms. The van der Waals surface area contributed by atoms with Gasteiger partial charge in [0.25, 0.3) is 11.8 Å². The predicted molar refractivity (Wildman–Crippen MR) is 106 cm³/mol. The summed E-state index contributed by atoms with van der Waals surface area (Å²) >= 11 is 2.49. The van der Waals surface area contributed by atoms with E-state index in [2.05, 4.69) is 15.5 Å². The highest BCUT2D eigenvalue weighted by Gasteiger charge is 2.54. The lowest BCUT2D eigenvalue weighted by atomic mass is 9.99. The molecule has 3 N–H and O–H groups in total.